The van der Waals surface area contributed by atoms with E-state index in [0.717, 1.165) is 0 Å². The van der Waals surface area contributed by atoms with Crippen LogP contribution in [0.3, 0.4) is 0 Å². The summed E-state index contributed by atoms with van der Waals surface area (Å²) in [5, 5.41) is 0. The Balaban J connectivity index is 2.20. The van der Waals surface area contributed by atoms with E-state index in [4.69, 9.17) is 22.9 Å². The molecule has 0 amide bonds. The quantitative estimate of drug-likeness (QED) is 0.303. The lowest BCUT2D eigenvalue weighted by molar-refractivity contribution is 0.103. The summed E-state index contributed by atoms with van der Waals surface area (Å²) in [6.45, 7) is 0. The van der Waals surface area contributed by atoms with Gasteiger partial charge in [0.05, 0.1) is 33.9 Å². The number of hydrogen-bond donors (Lipinski definition) is 4. The number of anilines is 4. The van der Waals surface area contributed by atoms with Crippen molar-refractivity contribution in [2.45, 2.75) is 0 Å². The molecule has 0 heterocycles. The van der Waals surface area contributed by atoms with Crippen molar-refractivity contribution in [2.75, 3.05) is 22.9 Å². The predicted octanol–water partition coefficient (Wildman–Crippen LogP) is 2.35. The van der Waals surface area contributed by atoms with Crippen LogP contribution in [0, 0.1) is 0 Å². The maximum atomic E-state index is 13.4. The van der Waals surface area contributed by atoms with Crippen molar-refractivity contribution in [1.29, 1.82) is 0 Å². The number of carbonyl (C=O) groups excluding carboxylic acids is 3. The largest absolute Gasteiger partial charge is 0.398 e. The van der Waals surface area contributed by atoms with Crippen LogP contribution in [0.4, 0.5) is 28.4 Å². The number of nitrogens with two attached hydrogens (primary N) is 4. The van der Waals surface area contributed by atoms with Gasteiger partial charge < -0.3 is 22.9 Å². The number of ketones is 1. The third-order valence-corrected chi connectivity index (χ3v) is 5.04. The van der Waals surface area contributed by atoms with Gasteiger partial charge in [0.15, 0.2) is 18.4 Å². The number of para-hydroxylation sites is 1. The van der Waals surface area contributed by atoms with E-state index in [9.17, 15) is 14.4 Å². The van der Waals surface area contributed by atoms with Crippen LogP contribution in [0.15, 0.2) is 47.5 Å². The molecular weight excluding hydrogens is 382 g/mol. The van der Waals surface area contributed by atoms with Gasteiger partial charge in [-0.2, -0.15) is 0 Å². The number of nitrogen functional groups attached to an aromatic ring is 4. The van der Waals surface area contributed by atoms with Gasteiger partial charge in [0, 0.05) is 33.6 Å². The molecule has 0 aliphatic heterocycles. The number of aldehydes is 2. The molecule has 0 atom stereocenters. The Morgan fingerprint density at radius 3 is 1.80 bits per heavy atom. The van der Waals surface area contributed by atoms with Crippen LogP contribution in [-0.2, 0) is 0 Å². The van der Waals surface area contributed by atoms with Gasteiger partial charge in [0.2, 0.25) is 0 Å². The van der Waals surface area contributed by atoms with Gasteiger partial charge in [-0.15, -0.1) is 0 Å². The van der Waals surface area contributed by atoms with Crippen LogP contribution in [-0.4, -0.2) is 24.1 Å². The highest BCUT2D eigenvalue weighted by Crippen LogP contribution is 2.42. The minimum Gasteiger partial charge on any atom is -0.398 e. The van der Waals surface area contributed by atoms with Gasteiger partial charge in [-0.05, 0) is 24.3 Å². The molecule has 0 saturated carbocycles. The molecule has 3 aromatic rings. The Labute approximate surface area is 171 Å². The van der Waals surface area contributed by atoms with Crippen molar-refractivity contribution >= 4 is 52.5 Å². The molecule has 1 aliphatic carbocycles. The smallest absolute Gasteiger partial charge is 0.198 e. The number of carbonyl (C=O) groups is 3. The van der Waals surface area contributed by atoms with E-state index >= 15 is 0 Å². The summed E-state index contributed by atoms with van der Waals surface area (Å²) in [7, 11) is 0. The zero-order valence-electron chi connectivity index (χ0n) is 15.7. The Hall–Kier alpha value is -4.46. The molecule has 30 heavy (non-hydrogen) atoms. The standard InChI is InChI=1S/C22H17N5O3/c23-13-6-11(9-29)20(26)18-15(13)21(27-12-4-2-1-3-5-12)17-16(22(18)30)14(24)7-10(8-28)19(17)25/h1-9H,23-26H2. The Morgan fingerprint density at radius 1 is 0.700 bits per heavy atom. The van der Waals surface area contributed by atoms with E-state index in [2.05, 4.69) is 4.99 Å². The number of benzene rings is 3. The third kappa shape index (κ3) is 2.62. The highest BCUT2D eigenvalue weighted by molar-refractivity contribution is 6.37. The number of fused-ring (bicyclic) bond motifs is 2. The normalized spacial score (nSPS) is 13.6. The van der Waals surface area contributed by atoms with Crippen molar-refractivity contribution in [2.24, 2.45) is 4.99 Å². The minimum absolute atomic E-state index is 0.0250. The Kier molecular flexibility index (Phi) is 4.31. The molecule has 0 saturated heterocycles. The van der Waals surface area contributed by atoms with E-state index in [1.54, 1.807) is 24.3 Å². The van der Waals surface area contributed by atoms with Crippen LogP contribution < -0.4 is 22.9 Å². The third-order valence-electron chi connectivity index (χ3n) is 5.04. The van der Waals surface area contributed by atoms with Crippen molar-refractivity contribution < 1.29 is 14.4 Å². The molecule has 0 radical (unpaired) electrons. The molecule has 0 unspecified atom stereocenters. The molecule has 0 bridgehead atoms. The molecule has 0 spiro atoms. The first-order chi connectivity index (χ1) is 14.4. The number of nitrogens with zero attached hydrogens (tertiary/aromatic N) is 1. The van der Waals surface area contributed by atoms with E-state index < -0.39 is 5.78 Å². The first-order valence-electron chi connectivity index (χ1n) is 8.92. The van der Waals surface area contributed by atoms with E-state index in [1.165, 1.54) is 12.1 Å². The van der Waals surface area contributed by atoms with Gasteiger partial charge in [-0.1, -0.05) is 18.2 Å². The maximum absolute atomic E-state index is 13.4. The molecular formula is C22H17N5O3. The lowest BCUT2D eigenvalue weighted by Gasteiger charge is -2.27. The average molecular weight is 399 g/mol. The van der Waals surface area contributed by atoms with E-state index in [-0.39, 0.29) is 61.8 Å². The zero-order valence-corrected chi connectivity index (χ0v) is 15.7. The summed E-state index contributed by atoms with van der Waals surface area (Å²) in [6, 6.07) is 11.6. The molecule has 0 fully saturated rings. The Morgan fingerprint density at radius 2 is 1.23 bits per heavy atom. The highest BCUT2D eigenvalue weighted by atomic mass is 16.1. The topological polar surface area (TPSA) is 168 Å². The lowest BCUT2D eigenvalue weighted by atomic mass is 9.78. The molecule has 3 aromatic carbocycles. The molecule has 1 aliphatic rings. The fourth-order valence-electron chi connectivity index (χ4n) is 3.65. The van der Waals surface area contributed by atoms with Crippen LogP contribution in [0.25, 0.3) is 0 Å². The monoisotopic (exact) mass is 399 g/mol. The molecule has 8 heteroatoms. The summed E-state index contributed by atoms with van der Waals surface area (Å²) in [4.78, 5) is 41.0. The summed E-state index contributed by atoms with van der Waals surface area (Å²) >= 11 is 0. The number of rotatable bonds is 3. The summed E-state index contributed by atoms with van der Waals surface area (Å²) in [6.07, 6.45) is 1.08. The molecule has 4 rings (SSSR count). The fraction of sp³-hybridized carbons (Fsp3) is 0. The van der Waals surface area contributed by atoms with Crippen LogP contribution in [0.5, 0.6) is 0 Å². The SMILES string of the molecule is Nc1cc(C=O)c(N)c2c1C(=Nc1ccccc1)c1c(N)c(C=O)cc(N)c1C2=O. The first kappa shape index (κ1) is 18.9. The van der Waals surface area contributed by atoms with Crippen LogP contribution in [0.1, 0.15) is 47.8 Å². The van der Waals surface area contributed by atoms with Gasteiger partial charge >= 0.3 is 0 Å². The second-order valence-electron chi connectivity index (χ2n) is 6.80. The van der Waals surface area contributed by atoms with Crippen molar-refractivity contribution in [1.82, 2.24) is 0 Å². The summed E-state index contributed by atoms with van der Waals surface area (Å²) in [5.74, 6) is -0.540. The van der Waals surface area contributed by atoms with Gasteiger partial charge in [-0.3, -0.25) is 14.4 Å². The second kappa shape index (κ2) is 6.85. The zero-order chi connectivity index (χ0) is 21.6. The average Bonchev–Trinajstić information content (AvgIpc) is 2.74. The molecule has 8 N–H and O–H groups in total. The predicted molar refractivity (Wildman–Crippen MR) is 116 cm³/mol. The van der Waals surface area contributed by atoms with Gasteiger partial charge in [0.25, 0.3) is 0 Å². The van der Waals surface area contributed by atoms with Crippen LogP contribution >= 0.6 is 0 Å². The summed E-state index contributed by atoms with van der Waals surface area (Å²) < 4.78 is 0. The first-order valence-corrected chi connectivity index (χ1v) is 8.92. The highest BCUT2D eigenvalue weighted by Gasteiger charge is 2.36. The summed E-state index contributed by atoms with van der Waals surface area (Å²) in [5.41, 5.74) is 26.5. The fourth-order valence-corrected chi connectivity index (χ4v) is 3.65. The van der Waals surface area contributed by atoms with Crippen molar-refractivity contribution in [3.05, 3.63) is 75.8 Å². The molecule has 0 aromatic heterocycles. The van der Waals surface area contributed by atoms with Crippen molar-refractivity contribution in [3.63, 3.8) is 0 Å². The molecule has 8 nitrogen and oxygen atoms in total. The minimum atomic E-state index is -0.540. The van der Waals surface area contributed by atoms with E-state index in [1.807, 2.05) is 6.07 Å². The maximum Gasteiger partial charge on any atom is 0.198 e. The molecule has 148 valence electrons. The lowest BCUT2D eigenvalue weighted by Crippen LogP contribution is -2.28. The van der Waals surface area contributed by atoms with Gasteiger partial charge in [-0.25, -0.2) is 4.99 Å². The number of hydrogen-bond acceptors (Lipinski definition) is 8. The van der Waals surface area contributed by atoms with Crippen molar-refractivity contribution in [3.8, 4) is 0 Å². The Bertz CT molecular complexity index is 1280. The van der Waals surface area contributed by atoms with Gasteiger partial charge in [0.1, 0.15) is 0 Å². The second-order valence-corrected chi connectivity index (χ2v) is 6.80. The van der Waals surface area contributed by atoms with E-state index in [0.29, 0.717) is 18.3 Å². The van der Waals surface area contributed by atoms with Crippen LogP contribution in [0.2, 0.25) is 0 Å². The number of aliphatic imine (C=N–C) groups is 1.